The Morgan fingerprint density at radius 3 is 2.50 bits per heavy atom. The Kier molecular flexibility index (Phi) is 6.70. The number of fused-ring (bicyclic) bond motifs is 5. The van der Waals surface area contributed by atoms with Crippen molar-refractivity contribution in [2.75, 3.05) is 20.2 Å². The summed E-state index contributed by atoms with van der Waals surface area (Å²) in [6.07, 6.45) is 8.49. The van der Waals surface area contributed by atoms with Crippen molar-refractivity contribution in [3.63, 3.8) is 0 Å². The minimum absolute atomic E-state index is 0.225. The van der Waals surface area contributed by atoms with Gasteiger partial charge < -0.3 is 9.84 Å². The average Bonchev–Trinajstić information content (AvgIpc) is 2.92. The number of rotatable bonds is 4. The summed E-state index contributed by atoms with van der Waals surface area (Å²) in [5.74, 6) is 2.37. The molecule has 0 amide bonds. The fourth-order valence-electron chi connectivity index (χ4n) is 5.65. The van der Waals surface area contributed by atoms with Crippen molar-refractivity contribution in [2.45, 2.75) is 38.3 Å². The molecule has 4 aromatic rings. The summed E-state index contributed by atoms with van der Waals surface area (Å²) in [6, 6.07) is 16.1. The van der Waals surface area contributed by atoms with E-state index in [1.807, 2.05) is 48.5 Å². The molecule has 176 valence electrons. The van der Waals surface area contributed by atoms with Gasteiger partial charge in [-0.2, -0.15) is 10.2 Å². The number of piperidine rings is 3. The van der Waals surface area contributed by atoms with Gasteiger partial charge in [0.15, 0.2) is 0 Å². The normalized spacial score (nSPS) is 24.4. The summed E-state index contributed by atoms with van der Waals surface area (Å²) in [5.41, 5.74) is 1.89. The predicted molar refractivity (Wildman–Crippen MR) is 135 cm³/mol. The van der Waals surface area contributed by atoms with Crippen LogP contribution in [-0.2, 0) is 0 Å². The third-order valence-electron chi connectivity index (χ3n) is 7.58. The standard InChI is InChI=1S/C20H26N2O2.C8H6N2/c1-3-13-12-22-9-7-14(13)10-19(22)20(23)16-6-8-21-18-5-4-15(24-2)11-17(16)18;1-2-4-8-6-10-9-5-7(8)3-1/h4-6,8,11,13-14,19-20,23H,3,7,9-10,12H2,1-2H3;1-6H/t13-,14?,19+,20?;/m1./s1. The maximum Gasteiger partial charge on any atom is 0.119 e. The summed E-state index contributed by atoms with van der Waals surface area (Å²) in [4.78, 5) is 6.94. The van der Waals surface area contributed by atoms with E-state index in [0.29, 0.717) is 0 Å². The Hall–Kier alpha value is -3.09. The molecule has 5 atom stereocenters. The van der Waals surface area contributed by atoms with Gasteiger partial charge in [0.05, 0.1) is 31.1 Å². The third-order valence-corrected chi connectivity index (χ3v) is 7.58. The highest BCUT2D eigenvalue weighted by molar-refractivity contribution is 5.84. The van der Waals surface area contributed by atoms with Crippen LogP contribution in [0.4, 0.5) is 0 Å². The van der Waals surface area contributed by atoms with Crippen molar-refractivity contribution in [1.82, 2.24) is 20.1 Å². The van der Waals surface area contributed by atoms with Gasteiger partial charge in [0.25, 0.3) is 0 Å². The number of aromatic nitrogens is 3. The van der Waals surface area contributed by atoms with Crippen LogP contribution in [0.15, 0.2) is 67.1 Å². The van der Waals surface area contributed by atoms with Gasteiger partial charge in [-0.1, -0.05) is 37.6 Å². The van der Waals surface area contributed by atoms with Crippen molar-refractivity contribution in [3.8, 4) is 5.75 Å². The summed E-state index contributed by atoms with van der Waals surface area (Å²) < 4.78 is 5.36. The maximum atomic E-state index is 11.2. The molecule has 6 nitrogen and oxygen atoms in total. The van der Waals surface area contributed by atoms with Crippen molar-refractivity contribution in [3.05, 3.63) is 72.7 Å². The molecule has 2 bridgehead atoms. The molecule has 3 saturated heterocycles. The predicted octanol–water partition coefficient (Wildman–Crippen LogP) is 5.03. The molecular formula is C28H32N4O2. The Labute approximate surface area is 200 Å². The van der Waals surface area contributed by atoms with Crippen LogP contribution in [0.5, 0.6) is 5.75 Å². The summed E-state index contributed by atoms with van der Waals surface area (Å²) >= 11 is 0. The number of aliphatic hydroxyl groups excluding tert-OH is 1. The second-order valence-electron chi connectivity index (χ2n) is 9.36. The Morgan fingerprint density at radius 1 is 1.09 bits per heavy atom. The number of hydrogen-bond acceptors (Lipinski definition) is 6. The number of methoxy groups -OCH3 is 1. The van der Waals surface area contributed by atoms with E-state index < -0.39 is 6.10 Å². The van der Waals surface area contributed by atoms with E-state index in [9.17, 15) is 5.11 Å². The van der Waals surface area contributed by atoms with Crippen LogP contribution in [0.1, 0.15) is 37.9 Å². The molecule has 3 fully saturated rings. The van der Waals surface area contributed by atoms with Gasteiger partial charge in [-0.3, -0.25) is 9.88 Å². The lowest BCUT2D eigenvalue weighted by atomic mass is 9.72. The highest BCUT2D eigenvalue weighted by Gasteiger charge is 2.42. The van der Waals surface area contributed by atoms with E-state index in [-0.39, 0.29) is 6.04 Å². The first-order chi connectivity index (χ1) is 16.7. The average molecular weight is 457 g/mol. The zero-order valence-corrected chi connectivity index (χ0v) is 19.8. The first kappa shape index (κ1) is 22.7. The van der Waals surface area contributed by atoms with Crippen LogP contribution in [0, 0.1) is 11.8 Å². The van der Waals surface area contributed by atoms with E-state index in [1.54, 1.807) is 25.7 Å². The van der Waals surface area contributed by atoms with Crippen LogP contribution in [0.3, 0.4) is 0 Å². The molecule has 3 aliphatic rings. The zero-order valence-electron chi connectivity index (χ0n) is 19.8. The first-order valence-electron chi connectivity index (χ1n) is 12.2. The van der Waals surface area contributed by atoms with Crippen LogP contribution in [0.2, 0.25) is 0 Å². The van der Waals surface area contributed by atoms with Crippen molar-refractivity contribution < 1.29 is 9.84 Å². The summed E-state index contributed by atoms with van der Waals surface area (Å²) in [7, 11) is 1.67. The maximum absolute atomic E-state index is 11.2. The van der Waals surface area contributed by atoms with Crippen LogP contribution in [0.25, 0.3) is 21.7 Å². The van der Waals surface area contributed by atoms with Crippen LogP contribution in [-0.4, -0.2) is 51.4 Å². The lowest BCUT2D eigenvalue weighted by Gasteiger charge is -2.51. The smallest absolute Gasteiger partial charge is 0.119 e. The van der Waals surface area contributed by atoms with Crippen molar-refractivity contribution in [1.29, 1.82) is 0 Å². The summed E-state index contributed by atoms with van der Waals surface area (Å²) in [6.45, 7) is 4.55. The minimum Gasteiger partial charge on any atom is -0.497 e. The van der Waals surface area contributed by atoms with Gasteiger partial charge in [-0.15, -0.1) is 0 Å². The Balaban J connectivity index is 0.000000200. The molecular weight excluding hydrogens is 424 g/mol. The fraction of sp³-hybridized carbons (Fsp3) is 0.393. The summed E-state index contributed by atoms with van der Waals surface area (Å²) in [5, 5.41) is 22.0. The minimum atomic E-state index is -0.469. The van der Waals surface area contributed by atoms with Gasteiger partial charge >= 0.3 is 0 Å². The number of ether oxygens (including phenoxy) is 1. The molecule has 0 aliphatic carbocycles. The topological polar surface area (TPSA) is 71.4 Å². The van der Waals surface area contributed by atoms with E-state index in [2.05, 4.69) is 27.0 Å². The SMILES string of the molecule is CC[C@@H]1CN2CCC1C[C@H]2C(O)c1ccnc2ccc(OC)cc12.c1ccc2cnncc2c1. The van der Waals surface area contributed by atoms with Gasteiger partial charge in [-0.05, 0) is 61.1 Å². The van der Waals surface area contributed by atoms with Gasteiger partial charge in [0, 0.05) is 34.9 Å². The molecule has 0 radical (unpaired) electrons. The lowest BCUT2D eigenvalue weighted by Crippen LogP contribution is -2.55. The zero-order chi connectivity index (χ0) is 23.5. The second kappa shape index (κ2) is 10.0. The third kappa shape index (κ3) is 4.48. The van der Waals surface area contributed by atoms with E-state index in [0.717, 1.165) is 64.3 Å². The van der Waals surface area contributed by atoms with Crippen molar-refractivity contribution in [2.24, 2.45) is 11.8 Å². The highest BCUT2D eigenvalue weighted by Crippen LogP contribution is 2.42. The molecule has 34 heavy (non-hydrogen) atoms. The van der Waals surface area contributed by atoms with Crippen LogP contribution < -0.4 is 4.74 Å². The molecule has 7 rings (SSSR count). The molecule has 5 heterocycles. The molecule has 1 N–H and O–H groups in total. The highest BCUT2D eigenvalue weighted by atomic mass is 16.5. The van der Waals surface area contributed by atoms with Gasteiger partial charge in [0.2, 0.25) is 0 Å². The molecule has 0 spiro atoms. The van der Waals surface area contributed by atoms with E-state index >= 15 is 0 Å². The van der Waals surface area contributed by atoms with Crippen LogP contribution >= 0.6 is 0 Å². The monoisotopic (exact) mass is 456 g/mol. The Bertz CT molecular complexity index is 1200. The number of nitrogens with zero attached hydrogens (tertiary/aromatic N) is 4. The number of aliphatic hydroxyl groups is 1. The van der Waals surface area contributed by atoms with E-state index in [1.165, 1.54) is 12.8 Å². The largest absolute Gasteiger partial charge is 0.497 e. The Morgan fingerprint density at radius 2 is 1.85 bits per heavy atom. The second-order valence-corrected chi connectivity index (χ2v) is 9.36. The first-order valence-corrected chi connectivity index (χ1v) is 12.2. The quantitative estimate of drug-likeness (QED) is 0.465. The number of hydrogen-bond donors (Lipinski definition) is 1. The molecule has 3 aliphatic heterocycles. The van der Waals surface area contributed by atoms with Crippen molar-refractivity contribution >= 4 is 21.7 Å². The molecule has 3 unspecified atom stereocenters. The van der Waals surface area contributed by atoms with Gasteiger partial charge in [-0.25, -0.2) is 0 Å². The molecule has 2 aromatic carbocycles. The van der Waals surface area contributed by atoms with E-state index in [4.69, 9.17) is 4.74 Å². The number of pyridine rings is 1. The fourth-order valence-corrected chi connectivity index (χ4v) is 5.65. The molecule has 6 heteroatoms. The van der Waals surface area contributed by atoms with Gasteiger partial charge in [0.1, 0.15) is 5.75 Å². The molecule has 2 aromatic heterocycles. The molecule has 0 saturated carbocycles. The number of benzene rings is 2. The lowest BCUT2D eigenvalue weighted by molar-refractivity contribution is -0.0562.